The van der Waals surface area contributed by atoms with Crippen LogP contribution in [0.25, 0.3) is 22.1 Å². The Morgan fingerprint density at radius 2 is 1.40 bits per heavy atom. The van der Waals surface area contributed by atoms with Gasteiger partial charge in [0, 0.05) is 17.8 Å². The van der Waals surface area contributed by atoms with Gasteiger partial charge in [0.2, 0.25) is 0 Å². The molecule has 0 saturated heterocycles. The summed E-state index contributed by atoms with van der Waals surface area (Å²) in [7, 11) is -4.23. The van der Waals surface area contributed by atoms with E-state index in [1.807, 2.05) is 13.8 Å². The van der Waals surface area contributed by atoms with Crippen LogP contribution < -0.4 is 16.0 Å². The lowest BCUT2D eigenvalue weighted by molar-refractivity contribution is 0.103. The number of aromatic nitrogens is 1. The topological polar surface area (TPSA) is 129 Å². The summed E-state index contributed by atoms with van der Waals surface area (Å²) in [6.45, 7) is 11.9. The van der Waals surface area contributed by atoms with E-state index >= 15 is 0 Å². The number of carbonyl (C=O) groups is 1. The van der Waals surface area contributed by atoms with Crippen LogP contribution in [-0.2, 0) is 16.4 Å². The van der Waals surface area contributed by atoms with Crippen molar-refractivity contribution in [3.63, 3.8) is 0 Å². The Hall–Kier alpha value is -4.48. The van der Waals surface area contributed by atoms with Gasteiger partial charge in [-0.05, 0) is 101 Å². The Labute approximate surface area is 292 Å². The molecule has 0 aliphatic carbocycles. The second kappa shape index (κ2) is 16.5. The molecule has 50 heavy (non-hydrogen) atoms. The van der Waals surface area contributed by atoms with Crippen molar-refractivity contribution < 1.29 is 26.8 Å². The average molecular weight is 703 g/mol. The van der Waals surface area contributed by atoms with Gasteiger partial charge in [-0.2, -0.15) is 0 Å². The molecule has 3 aromatic carbocycles. The number of benzene rings is 3. The lowest BCUT2D eigenvalue weighted by Gasteiger charge is -2.21. The van der Waals surface area contributed by atoms with E-state index in [-0.39, 0.29) is 44.6 Å². The summed E-state index contributed by atoms with van der Waals surface area (Å²) in [6.07, 6.45) is 7.10. The first-order chi connectivity index (χ1) is 24.1. The Balaban J connectivity index is 1.55. The van der Waals surface area contributed by atoms with Gasteiger partial charge in [-0.3, -0.25) is 4.79 Å². The highest BCUT2D eigenvalue weighted by atomic mass is 32.2. The molecule has 0 N–H and O–H groups in total. The summed E-state index contributed by atoms with van der Waals surface area (Å²) >= 11 is 0. The minimum atomic E-state index is -4.23. The zero-order valence-corrected chi connectivity index (χ0v) is 30.1. The van der Waals surface area contributed by atoms with Crippen molar-refractivity contribution in [2.45, 2.75) is 84.0 Å². The van der Waals surface area contributed by atoms with Gasteiger partial charge in [-0.25, -0.2) is 22.0 Å². The van der Waals surface area contributed by atoms with Crippen LogP contribution in [0.2, 0.25) is 0 Å². The van der Waals surface area contributed by atoms with Crippen molar-refractivity contribution in [3.8, 4) is 5.75 Å². The molecule has 0 unspecified atom stereocenters. The molecule has 0 atom stereocenters. The van der Waals surface area contributed by atoms with Crippen molar-refractivity contribution >= 4 is 37.9 Å². The van der Waals surface area contributed by atoms with Crippen molar-refractivity contribution in [1.29, 1.82) is 0 Å². The molecule has 266 valence electrons. The number of rotatable bonds is 18. The van der Waals surface area contributed by atoms with Gasteiger partial charge in [0.15, 0.2) is 16.9 Å². The van der Waals surface area contributed by atoms with Crippen LogP contribution in [0.5, 0.6) is 5.75 Å². The van der Waals surface area contributed by atoms with Gasteiger partial charge in [-0.1, -0.05) is 57.7 Å². The molecule has 11 heteroatoms. The zero-order valence-electron chi connectivity index (χ0n) is 29.3. The molecule has 0 spiro atoms. The van der Waals surface area contributed by atoms with E-state index in [0.29, 0.717) is 24.3 Å². The Morgan fingerprint density at radius 1 is 0.780 bits per heavy atom. The van der Waals surface area contributed by atoms with Gasteiger partial charge in [0.25, 0.3) is 10.0 Å². The zero-order chi connectivity index (χ0) is 35.8. The first kappa shape index (κ1) is 36.8. The third-order valence-electron chi connectivity index (χ3n) is 8.88. The largest absolute Gasteiger partial charge is 0.494 e. The maximum absolute atomic E-state index is 14.5. The van der Waals surface area contributed by atoms with Gasteiger partial charge >= 0.3 is 11.3 Å². The second-order valence-corrected chi connectivity index (χ2v) is 14.5. The normalized spacial score (nSPS) is 11.9. The minimum absolute atomic E-state index is 0.0400. The fourth-order valence-corrected chi connectivity index (χ4v) is 7.72. The van der Waals surface area contributed by atoms with E-state index in [9.17, 15) is 22.8 Å². The predicted octanol–water partition coefficient (Wildman–Crippen LogP) is 7.49. The number of ether oxygens (including phenoxy) is 1. The summed E-state index contributed by atoms with van der Waals surface area (Å²) in [6, 6.07) is 16.1. The molecule has 10 nitrogen and oxygen atoms in total. The highest BCUT2D eigenvalue weighted by molar-refractivity contribution is 7.90. The first-order valence-electron chi connectivity index (χ1n) is 17.6. The monoisotopic (exact) mass is 702 g/mol. The molecule has 0 fully saturated rings. The van der Waals surface area contributed by atoms with E-state index in [0.717, 1.165) is 50.9 Å². The van der Waals surface area contributed by atoms with Gasteiger partial charge < -0.3 is 18.5 Å². The van der Waals surface area contributed by atoms with Crippen LogP contribution in [0, 0.1) is 6.92 Å². The van der Waals surface area contributed by atoms with E-state index in [2.05, 4.69) is 18.7 Å². The molecule has 0 bridgehead atoms. The van der Waals surface area contributed by atoms with Crippen LogP contribution in [0.3, 0.4) is 0 Å². The molecule has 2 heterocycles. The van der Waals surface area contributed by atoms with Crippen LogP contribution in [0.4, 0.5) is 0 Å². The van der Waals surface area contributed by atoms with Gasteiger partial charge in [-0.15, -0.1) is 0 Å². The van der Waals surface area contributed by atoms with Crippen LogP contribution in [0.15, 0.2) is 84.0 Å². The summed E-state index contributed by atoms with van der Waals surface area (Å²) in [5.41, 5.74) is -1.06. The predicted molar refractivity (Wildman–Crippen MR) is 195 cm³/mol. The summed E-state index contributed by atoms with van der Waals surface area (Å²) in [4.78, 5) is 41.5. The number of nitrogens with zero attached hydrogens (tertiary/aromatic N) is 2. The van der Waals surface area contributed by atoms with Crippen molar-refractivity contribution in [3.05, 3.63) is 104 Å². The smallest absolute Gasteiger partial charge is 0.423 e. The third kappa shape index (κ3) is 7.94. The van der Waals surface area contributed by atoms with Gasteiger partial charge in [0.1, 0.15) is 5.75 Å². The van der Waals surface area contributed by atoms with E-state index in [1.165, 1.54) is 41.1 Å². The van der Waals surface area contributed by atoms with Gasteiger partial charge in [0.05, 0.1) is 28.0 Å². The molecule has 0 saturated carbocycles. The molecule has 2 aromatic heterocycles. The molecular weight excluding hydrogens is 657 g/mol. The fraction of sp³-hybridized carbons (Fsp3) is 0.410. The number of unbranched alkanes of at least 4 members (excludes halogenated alkanes) is 3. The number of hydrogen-bond acceptors (Lipinski definition) is 9. The number of ketones is 1. The molecular formula is C39H46N2O8S. The Kier molecular flexibility index (Phi) is 12.1. The standard InChI is InChI=1S/C39H46N2O8S/c1-5-8-12-31-34(36(42)28-15-17-29(18-16-28)47-26-11-25-40(23-9-6-2)24-10-7-3)35-32(21-22-33-37(35)49-39(44)38(43)48-33)41(31)50(45,46)30-19-13-27(4)14-20-30/h13-22H,5-12,23-26H2,1-4H3. The van der Waals surface area contributed by atoms with Crippen molar-refractivity contribution in [2.24, 2.45) is 0 Å². The molecule has 0 aliphatic rings. The maximum Gasteiger partial charge on any atom is 0.423 e. The quantitative estimate of drug-likeness (QED) is 0.0518. The fourth-order valence-electron chi connectivity index (χ4n) is 6.14. The summed E-state index contributed by atoms with van der Waals surface area (Å²) < 4.78 is 46.6. The number of carbonyl (C=O) groups excluding carboxylic acids is 1. The van der Waals surface area contributed by atoms with Crippen LogP contribution in [-0.4, -0.2) is 49.3 Å². The average Bonchev–Trinajstić information content (AvgIpc) is 3.46. The molecule has 5 rings (SSSR count). The highest BCUT2D eigenvalue weighted by Gasteiger charge is 2.32. The first-order valence-corrected chi connectivity index (χ1v) is 19.0. The van der Waals surface area contributed by atoms with E-state index < -0.39 is 27.1 Å². The minimum Gasteiger partial charge on any atom is -0.494 e. The maximum atomic E-state index is 14.5. The third-order valence-corrected chi connectivity index (χ3v) is 10.6. The lowest BCUT2D eigenvalue weighted by Crippen LogP contribution is -2.28. The van der Waals surface area contributed by atoms with Crippen molar-refractivity contribution in [1.82, 2.24) is 8.87 Å². The SMILES string of the molecule is CCCCc1c(C(=O)c2ccc(OCCCN(CCCC)CCCC)cc2)c2c3oc(=O)c(=O)oc3ccc2n1S(=O)(=O)c1ccc(C)cc1. The molecule has 0 aliphatic heterocycles. The number of fused-ring (bicyclic) bond motifs is 3. The molecule has 0 radical (unpaired) electrons. The molecule has 5 aromatic rings. The molecule has 0 amide bonds. The van der Waals surface area contributed by atoms with E-state index in [4.69, 9.17) is 13.6 Å². The Bertz CT molecular complexity index is 2150. The summed E-state index contributed by atoms with van der Waals surface area (Å²) in [5, 5.41) is 0.0890. The number of aryl methyl sites for hydroxylation is 1. The summed E-state index contributed by atoms with van der Waals surface area (Å²) in [5.74, 6) is 0.151. The Morgan fingerprint density at radius 3 is 2.04 bits per heavy atom. The van der Waals surface area contributed by atoms with Crippen LogP contribution >= 0.6 is 0 Å². The van der Waals surface area contributed by atoms with Crippen LogP contribution in [0.1, 0.15) is 92.9 Å². The van der Waals surface area contributed by atoms with E-state index in [1.54, 1.807) is 36.4 Å². The number of hydrogen-bond donors (Lipinski definition) is 0. The van der Waals surface area contributed by atoms with Crippen molar-refractivity contribution in [2.75, 3.05) is 26.2 Å². The second-order valence-electron chi connectivity index (χ2n) is 12.7. The highest BCUT2D eigenvalue weighted by Crippen LogP contribution is 2.37. The lowest BCUT2D eigenvalue weighted by atomic mass is 9.97.